The van der Waals surface area contributed by atoms with E-state index in [4.69, 9.17) is 10.5 Å². The van der Waals surface area contributed by atoms with Crippen LogP contribution in [0.25, 0.3) is 0 Å². The van der Waals surface area contributed by atoms with E-state index in [1.165, 1.54) is 0 Å². The van der Waals surface area contributed by atoms with Crippen molar-refractivity contribution in [3.05, 3.63) is 50.6 Å². The van der Waals surface area contributed by atoms with Gasteiger partial charge in [0, 0.05) is 10.0 Å². The lowest BCUT2D eigenvalue weighted by atomic mass is 10.0. The first-order valence-corrected chi connectivity index (χ1v) is 6.57. The summed E-state index contributed by atoms with van der Waals surface area (Å²) in [7, 11) is 1.66. The van der Waals surface area contributed by atoms with Crippen molar-refractivity contribution in [2.45, 2.75) is 6.04 Å². The quantitative estimate of drug-likeness (QED) is 0.940. The highest BCUT2D eigenvalue weighted by Crippen LogP contribution is 2.31. The van der Waals surface area contributed by atoms with Gasteiger partial charge < -0.3 is 10.5 Å². The third-order valence-corrected chi connectivity index (χ3v) is 3.63. The molecule has 0 aliphatic rings. The summed E-state index contributed by atoms with van der Waals surface area (Å²) in [5.41, 5.74) is 8.32. The summed E-state index contributed by atoms with van der Waals surface area (Å²) in [6.07, 6.45) is 0. The predicted molar refractivity (Wildman–Crippen MR) is 71.0 cm³/mol. The van der Waals surface area contributed by atoms with Crippen LogP contribution in [-0.4, -0.2) is 7.11 Å². The highest BCUT2D eigenvalue weighted by atomic mass is 79.9. The Kier molecular flexibility index (Phi) is 3.63. The second-order valence-corrected chi connectivity index (χ2v) is 5.12. The van der Waals surface area contributed by atoms with E-state index in [2.05, 4.69) is 21.3 Å². The van der Waals surface area contributed by atoms with Crippen LogP contribution in [0.1, 0.15) is 17.2 Å². The Balaban J connectivity index is 2.40. The predicted octanol–water partition coefficient (Wildman–Crippen LogP) is 3.57. The zero-order valence-corrected chi connectivity index (χ0v) is 11.2. The fraction of sp³-hybridized carbons (Fsp3) is 0.167. The number of benzene rings is 1. The number of thiophene rings is 1. The van der Waals surface area contributed by atoms with Crippen molar-refractivity contribution in [1.29, 1.82) is 0 Å². The van der Waals surface area contributed by atoms with Crippen LogP contribution in [0.3, 0.4) is 0 Å². The van der Waals surface area contributed by atoms with Crippen LogP contribution < -0.4 is 10.5 Å². The molecule has 4 heteroatoms. The van der Waals surface area contributed by atoms with Gasteiger partial charge in [-0.3, -0.25) is 0 Å². The molecule has 0 fully saturated rings. The summed E-state index contributed by atoms with van der Waals surface area (Å²) < 4.78 is 6.33. The number of ether oxygens (including phenoxy) is 1. The molecule has 0 unspecified atom stereocenters. The highest BCUT2D eigenvalue weighted by Gasteiger charge is 2.14. The first-order valence-electron chi connectivity index (χ1n) is 4.83. The van der Waals surface area contributed by atoms with E-state index >= 15 is 0 Å². The van der Waals surface area contributed by atoms with E-state index in [1.54, 1.807) is 18.4 Å². The number of methoxy groups -OCH3 is 1. The van der Waals surface area contributed by atoms with Crippen LogP contribution in [-0.2, 0) is 0 Å². The van der Waals surface area contributed by atoms with E-state index in [-0.39, 0.29) is 6.04 Å². The average Bonchev–Trinajstić information content (AvgIpc) is 2.81. The smallest absolute Gasteiger partial charge is 0.125 e. The van der Waals surface area contributed by atoms with Crippen molar-refractivity contribution in [3.8, 4) is 5.75 Å². The van der Waals surface area contributed by atoms with Crippen molar-refractivity contribution in [3.63, 3.8) is 0 Å². The molecule has 2 N–H and O–H groups in total. The minimum Gasteiger partial charge on any atom is -0.496 e. The molecule has 2 rings (SSSR count). The van der Waals surface area contributed by atoms with Gasteiger partial charge in [0.15, 0.2) is 0 Å². The zero-order valence-electron chi connectivity index (χ0n) is 8.81. The summed E-state index contributed by atoms with van der Waals surface area (Å²) in [5, 5.41) is 4.09. The van der Waals surface area contributed by atoms with Gasteiger partial charge in [-0.25, -0.2) is 0 Å². The third kappa shape index (κ3) is 2.29. The van der Waals surface area contributed by atoms with E-state index in [1.807, 2.05) is 29.6 Å². The van der Waals surface area contributed by atoms with Gasteiger partial charge in [-0.1, -0.05) is 22.0 Å². The summed E-state index contributed by atoms with van der Waals surface area (Å²) in [6, 6.07) is 7.81. The van der Waals surface area contributed by atoms with Gasteiger partial charge in [0.2, 0.25) is 0 Å². The van der Waals surface area contributed by atoms with Gasteiger partial charge in [0.1, 0.15) is 5.75 Å². The van der Waals surface area contributed by atoms with E-state index < -0.39 is 0 Å². The Morgan fingerprint density at radius 3 is 2.81 bits per heavy atom. The molecular formula is C12H12BrNOS. The molecule has 0 aliphatic heterocycles. The molecule has 0 bridgehead atoms. The molecular weight excluding hydrogens is 286 g/mol. The number of hydrogen-bond acceptors (Lipinski definition) is 3. The highest BCUT2D eigenvalue weighted by molar-refractivity contribution is 9.10. The standard InChI is InChI=1S/C12H12BrNOS/c1-15-11-6-9(13)2-3-10(11)12(14)8-4-5-16-7-8/h2-7,12H,14H2,1H3/t12-/m0/s1. The van der Waals surface area contributed by atoms with Crippen molar-refractivity contribution >= 4 is 27.3 Å². The molecule has 1 aromatic carbocycles. The van der Waals surface area contributed by atoms with Crippen molar-refractivity contribution in [1.82, 2.24) is 0 Å². The van der Waals surface area contributed by atoms with E-state index in [9.17, 15) is 0 Å². The van der Waals surface area contributed by atoms with Crippen molar-refractivity contribution < 1.29 is 4.74 Å². The first-order chi connectivity index (χ1) is 7.72. The Morgan fingerprint density at radius 1 is 1.38 bits per heavy atom. The second-order valence-electron chi connectivity index (χ2n) is 3.42. The maximum atomic E-state index is 6.20. The van der Waals surface area contributed by atoms with Gasteiger partial charge >= 0.3 is 0 Å². The van der Waals surface area contributed by atoms with Gasteiger partial charge in [-0.15, -0.1) is 0 Å². The van der Waals surface area contributed by atoms with Gasteiger partial charge in [-0.2, -0.15) is 11.3 Å². The lowest BCUT2D eigenvalue weighted by molar-refractivity contribution is 0.407. The maximum absolute atomic E-state index is 6.20. The molecule has 16 heavy (non-hydrogen) atoms. The maximum Gasteiger partial charge on any atom is 0.125 e. The summed E-state index contributed by atoms with van der Waals surface area (Å²) in [4.78, 5) is 0. The molecule has 0 saturated carbocycles. The summed E-state index contributed by atoms with van der Waals surface area (Å²) in [6.45, 7) is 0. The van der Waals surface area contributed by atoms with Crippen LogP contribution in [0.5, 0.6) is 5.75 Å². The Bertz CT molecular complexity index is 470. The van der Waals surface area contributed by atoms with E-state index in [0.29, 0.717) is 0 Å². The second kappa shape index (κ2) is 4.99. The van der Waals surface area contributed by atoms with Crippen molar-refractivity contribution in [2.75, 3.05) is 7.11 Å². The first kappa shape index (κ1) is 11.6. The van der Waals surface area contributed by atoms with Gasteiger partial charge in [0.25, 0.3) is 0 Å². The van der Waals surface area contributed by atoms with Crippen LogP contribution in [0.4, 0.5) is 0 Å². The fourth-order valence-corrected chi connectivity index (χ4v) is 2.61. The molecule has 0 aliphatic carbocycles. The molecule has 2 nitrogen and oxygen atoms in total. The van der Waals surface area contributed by atoms with Crippen LogP contribution in [0.2, 0.25) is 0 Å². The van der Waals surface area contributed by atoms with E-state index in [0.717, 1.165) is 21.3 Å². The number of rotatable bonds is 3. The molecule has 1 atom stereocenters. The molecule has 2 aromatic rings. The Hall–Kier alpha value is -0.840. The number of halogens is 1. The van der Waals surface area contributed by atoms with Gasteiger partial charge in [-0.05, 0) is 34.5 Å². The minimum absolute atomic E-state index is 0.130. The molecule has 84 valence electrons. The minimum atomic E-state index is -0.130. The molecule has 0 spiro atoms. The fourth-order valence-electron chi connectivity index (χ4n) is 1.57. The Labute approximate surface area is 107 Å². The lowest BCUT2D eigenvalue weighted by Crippen LogP contribution is -2.12. The third-order valence-electron chi connectivity index (χ3n) is 2.43. The van der Waals surface area contributed by atoms with Crippen LogP contribution >= 0.6 is 27.3 Å². The zero-order chi connectivity index (χ0) is 11.5. The van der Waals surface area contributed by atoms with Crippen LogP contribution in [0.15, 0.2) is 39.5 Å². The van der Waals surface area contributed by atoms with Gasteiger partial charge in [0.05, 0.1) is 13.2 Å². The molecule has 1 aromatic heterocycles. The molecule has 0 radical (unpaired) electrons. The monoisotopic (exact) mass is 297 g/mol. The SMILES string of the molecule is COc1cc(Br)ccc1[C@@H](N)c1ccsc1. The lowest BCUT2D eigenvalue weighted by Gasteiger charge is -2.15. The van der Waals surface area contributed by atoms with Crippen molar-refractivity contribution in [2.24, 2.45) is 5.73 Å². The number of hydrogen-bond donors (Lipinski definition) is 1. The molecule has 0 saturated heterocycles. The Morgan fingerprint density at radius 2 is 2.19 bits per heavy atom. The normalized spacial score (nSPS) is 12.4. The molecule has 1 heterocycles. The average molecular weight is 298 g/mol. The summed E-state index contributed by atoms with van der Waals surface area (Å²) in [5.74, 6) is 0.813. The molecule has 0 amide bonds. The largest absolute Gasteiger partial charge is 0.496 e. The van der Waals surface area contributed by atoms with Crippen LogP contribution in [0, 0.1) is 0 Å². The number of nitrogens with two attached hydrogens (primary N) is 1. The summed E-state index contributed by atoms with van der Waals surface area (Å²) >= 11 is 5.07. The topological polar surface area (TPSA) is 35.2 Å².